The molecule has 0 aromatic heterocycles. The van der Waals surface area contributed by atoms with Crippen molar-refractivity contribution < 1.29 is 15.0 Å². The Bertz CT molecular complexity index is 570. The second-order valence-electron chi connectivity index (χ2n) is 3.66. The van der Waals surface area contributed by atoms with E-state index in [-0.39, 0.29) is 17.3 Å². The number of hydrogen-bond donors (Lipinski definition) is 2. The molecule has 0 saturated heterocycles. The van der Waals surface area contributed by atoms with Crippen LogP contribution in [0.5, 0.6) is 11.5 Å². The Morgan fingerprint density at radius 1 is 0.833 bits per heavy atom. The second-order valence-corrected chi connectivity index (χ2v) is 5.37. The normalized spacial score (nSPS) is 10.3. The van der Waals surface area contributed by atoms with Gasteiger partial charge in [0.15, 0.2) is 5.78 Å². The van der Waals surface area contributed by atoms with Crippen LogP contribution in [0.4, 0.5) is 0 Å². The first-order valence-electron chi connectivity index (χ1n) is 5.01. The van der Waals surface area contributed by atoms with Gasteiger partial charge in [-0.25, -0.2) is 0 Å². The van der Waals surface area contributed by atoms with Gasteiger partial charge in [0.25, 0.3) is 0 Å². The molecule has 0 radical (unpaired) electrons. The van der Waals surface area contributed by atoms with Crippen molar-refractivity contribution in [3.8, 4) is 11.5 Å². The highest BCUT2D eigenvalue weighted by atomic mass is 79.9. The van der Waals surface area contributed by atoms with Crippen LogP contribution in [-0.2, 0) is 0 Å². The number of phenolic OH excluding ortho intramolecular Hbond substituents is 2. The van der Waals surface area contributed by atoms with Gasteiger partial charge in [-0.15, -0.1) is 0 Å². The van der Waals surface area contributed by atoms with E-state index in [9.17, 15) is 15.0 Å². The van der Waals surface area contributed by atoms with Crippen LogP contribution in [-0.4, -0.2) is 16.0 Å². The van der Waals surface area contributed by atoms with Crippen LogP contribution < -0.4 is 0 Å². The summed E-state index contributed by atoms with van der Waals surface area (Å²) in [6.45, 7) is 0. The summed E-state index contributed by atoms with van der Waals surface area (Å²) in [5.41, 5.74) is 0.887. The minimum atomic E-state index is -0.200. The zero-order chi connectivity index (χ0) is 13.3. The summed E-state index contributed by atoms with van der Waals surface area (Å²) in [6, 6.07) is 8.91. The van der Waals surface area contributed by atoms with Crippen molar-refractivity contribution in [3.63, 3.8) is 0 Å². The van der Waals surface area contributed by atoms with Gasteiger partial charge < -0.3 is 10.2 Å². The molecule has 2 rings (SSSR count). The lowest BCUT2D eigenvalue weighted by Gasteiger charge is -2.06. The fourth-order valence-corrected chi connectivity index (χ4v) is 2.61. The summed E-state index contributed by atoms with van der Waals surface area (Å²) < 4.78 is 1.04. The number of hydrogen-bond acceptors (Lipinski definition) is 3. The highest BCUT2D eigenvalue weighted by Crippen LogP contribution is 2.28. The van der Waals surface area contributed by atoms with Gasteiger partial charge in [0.05, 0.1) is 0 Å². The number of benzene rings is 2. The molecule has 2 aromatic carbocycles. The fourth-order valence-electron chi connectivity index (χ4n) is 1.52. The molecule has 5 heteroatoms. The third-order valence-electron chi connectivity index (χ3n) is 2.39. The lowest BCUT2D eigenvalue weighted by molar-refractivity contribution is 0.103. The van der Waals surface area contributed by atoms with E-state index in [1.54, 1.807) is 12.1 Å². The summed E-state index contributed by atoms with van der Waals surface area (Å²) in [4.78, 5) is 12.3. The van der Waals surface area contributed by atoms with Crippen molar-refractivity contribution >= 4 is 37.6 Å². The Balaban J connectivity index is 2.48. The molecule has 92 valence electrons. The highest BCUT2D eigenvalue weighted by Gasteiger charge is 2.16. The SMILES string of the molecule is O=C(c1ccc(O)cc1Br)c1ccc(O)cc1Br. The molecular weight excluding hydrogens is 364 g/mol. The van der Waals surface area contributed by atoms with E-state index in [2.05, 4.69) is 31.9 Å². The van der Waals surface area contributed by atoms with Crippen molar-refractivity contribution in [3.05, 3.63) is 56.5 Å². The molecule has 0 heterocycles. The molecule has 0 atom stereocenters. The van der Waals surface area contributed by atoms with Crippen LogP contribution in [0.1, 0.15) is 15.9 Å². The van der Waals surface area contributed by atoms with E-state index in [1.165, 1.54) is 24.3 Å². The molecule has 0 unspecified atom stereocenters. The largest absolute Gasteiger partial charge is 0.508 e. The third-order valence-corrected chi connectivity index (χ3v) is 3.71. The van der Waals surface area contributed by atoms with Gasteiger partial charge in [0.1, 0.15) is 11.5 Å². The lowest BCUT2D eigenvalue weighted by atomic mass is 10.0. The quantitative estimate of drug-likeness (QED) is 0.788. The van der Waals surface area contributed by atoms with Crippen molar-refractivity contribution in [2.75, 3.05) is 0 Å². The Hall–Kier alpha value is -1.33. The maximum Gasteiger partial charge on any atom is 0.195 e. The Morgan fingerprint density at radius 2 is 1.22 bits per heavy atom. The van der Waals surface area contributed by atoms with Gasteiger partial charge in [-0.3, -0.25) is 4.79 Å². The number of phenols is 2. The van der Waals surface area contributed by atoms with Crippen molar-refractivity contribution in [1.82, 2.24) is 0 Å². The summed E-state index contributed by atoms with van der Waals surface area (Å²) in [6.07, 6.45) is 0. The molecule has 3 nitrogen and oxygen atoms in total. The van der Waals surface area contributed by atoms with E-state index >= 15 is 0 Å². The molecule has 0 spiro atoms. The van der Waals surface area contributed by atoms with Crippen molar-refractivity contribution in [2.24, 2.45) is 0 Å². The maximum atomic E-state index is 12.3. The predicted octanol–water partition coefficient (Wildman–Crippen LogP) is 3.85. The maximum absolute atomic E-state index is 12.3. The van der Waals surface area contributed by atoms with Gasteiger partial charge in [0.2, 0.25) is 0 Å². The van der Waals surface area contributed by atoms with Gasteiger partial charge in [-0.1, -0.05) is 0 Å². The molecule has 0 fully saturated rings. The molecule has 0 aliphatic carbocycles. The number of rotatable bonds is 2. The molecule has 2 N–H and O–H groups in total. The predicted molar refractivity (Wildman–Crippen MR) is 75.0 cm³/mol. The minimum absolute atomic E-state index is 0.0863. The minimum Gasteiger partial charge on any atom is -0.508 e. The smallest absolute Gasteiger partial charge is 0.195 e. The molecular formula is C13H8Br2O3. The molecule has 0 aliphatic heterocycles. The monoisotopic (exact) mass is 370 g/mol. The van der Waals surface area contributed by atoms with E-state index in [0.717, 1.165) is 0 Å². The standard InChI is InChI=1S/C13H8Br2O3/c14-11-5-7(16)1-3-9(11)13(18)10-4-2-8(17)6-12(10)15/h1-6,16-17H. The first-order valence-corrected chi connectivity index (χ1v) is 6.59. The molecule has 0 saturated carbocycles. The Morgan fingerprint density at radius 3 is 1.56 bits per heavy atom. The van der Waals surface area contributed by atoms with Crippen molar-refractivity contribution in [1.29, 1.82) is 0 Å². The first-order chi connectivity index (χ1) is 8.49. The summed E-state index contributed by atoms with van der Waals surface area (Å²) >= 11 is 6.48. The Labute approximate surface area is 120 Å². The number of aromatic hydroxyl groups is 2. The van der Waals surface area contributed by atoms with Gasteiger partial charge in [-0.05, 0) is 68.3 Å². The summed E-state index contributed by atoms with van der Waals surface area (Å²) in [5, 5.41) is 18.6. The van der Waals surface area contributed by atoms with Gasteiger partial charge in [-0.2, -0.15) is 0 Å². The van der Waals surface area contributed by atoms with Gasteiger partial charge >= 0.3 is 0 Å². The zero-order valence-electron chi connectivity index (χ0n) is 9.02. The second kappa shape index (κ2) is 5.12. The van der Waals surface area contributed by atoms with Crippen LogP contribution in [0.2, 0.25) is 0 Å². The Kier molecular flexibility index (Phi) is 3.73. The van der Waals surface area contributed by atoms with Crippen LogP contribution in [0.3, 0.4) is 0 Å². The van der Waals surface area contributed by atoms with E-state index in [4.69, 9.17) is 0 Å². The van der Waals surface area contributed by atoms with E-state index < -0.39 is 0 Å². The topological polar surface area (TPSA) is 57.5 Å². The zero-order valence-corrected chi connectivity index (χ0v) is 12.2. The molecule has 0 aliphatic rings. The number of carbonyl (C=O) groups excluding carboxylic acids is 1. The average Bonchev–Trinajstić information content (AvgIpc) is 2.28. The molecule has 0 bridgehead atoms. The van der Waals surface area contributed by atoms with Gasteiger partial charge in [0, 0.05) is 20.1 Å². The van der Waals surface area contributed by atoms with Crippen LogP contribution in [0.15, 0.2) is 45.3 Å². The highest BCUT2D eigenvalue weighted by molar-refractivity contribution is 9.11. The van der Waals surface area contributed by atoms with E-state index in [0.29, 0.717) is 20.1 Å². The molecule has 0 amide bonds. The van der Waals surface area contributed by atoms with Crippen LogP contribution >= 0.6 is 31.9 Å². The summed E-state index contributed by atoms with van der Waals surface area (Å²) in [7, 11) is 0. The molecule has 2 aromatic rings. The number of halogens is 2. The molecule has 18 heavy (non-hydrogen) atoms. The average molecular weight is 372 g/mol. The lowest BCUT2D eigenvalue weighted by Crippen LogP contribution is -2.03. The van der Waals surface area contributed by atoms with Crippen molar-refractivity contribution in [2.45, 2.75) is 0 Å². The van der Waals surface area contributed by atoms with E-state index in [1.807, 2.05) is 0 Å². The van der Waals surface area contributed by atoms with Crippen LogP contribution in [0.25, 0.3) is 0 Å². The number of carbonyl (C=O) groups is 1. The van der Waals surface area contributed by atoms with Crippen LogP contribution in [0, 0.1) is 0 Å². The third kappa shape index (κ3) is 2.57. The fraction of sp³-hybridized carbons (Fsp3) is 0. The number of ketones is 1. The summed E-state index contributed by atoms with van der Waals surface area (Å²) in [5.74, 6) is -0.0276. The first kappa shape index (κ1) is 13.1.